The first-order valence-electron chi connectivity index (χ1n) is 10.2. The Bertz CT molecular complexity index is 1150. The van der Waals surface area contributed by atoms with E-state index < -0.39 is 0 Å². The number of halogens is 1. The Hall–Kier alpha value is -3.19. The van der Waals surface area contributed by atoms with Crippen molar-refractivity contribution in [2.75, 3.05) is 26.6 Å². The van der Waals surface area contributed by atoms with Gasteiger partial charge in [-0.2, -0.15) is 0 Å². The minimum Gasteiger partial charge on any atom is -0.493 e. The first-order chi connectivity index (χ1) is 15.5. The number of methoxy groups -OCH3 is 3. The van der Waals surface area contributed by atoms with E-state index in [1.165, 1.54) is 0 Å². The number of amides is 1. The van der Waals surface area contributed by atoms with Crippen molar-refractivity contribution in [2.24, 2.45) is 0 Å². The molecule has 0 aliphatic carbocycles. The first-order valence-corrected chi connectivity index (χ1v) is 11.0. The van der Waals surface area contributed by atoms with Crippen LogP contribution in [-0.2, 0) is 6.42 Å². The van der Waals surface area contributed by atoms with Crippen molar-refractivity contribution in [2.45, 2.75) is 18.9 Å². The van der Waals surface area contributed by atoms with Gasteiger partial charge in [-0.3, -0.25) is 4.79 Å². The van der Waals surface area contributed by atoms with E-state index in [0.717, 1.165) is 28.4 Å². The van der Waals surface area contributed by atoms with Gasteiger partial charge in [0.05, 0.1) is 21.3 Å². The lowest BCUT2D eigenvalue weighted by Crippen LogP contribution is -2.17. The highest BCUT2D eigenvalue weighted by molar-refractivity contribution is 9.10. The molecular weight excluding hydrogens is 474 g/mol. The van der Waals surface area contributed by atoms with Gasteiger partial charge in [-0.05, 0) is 48.7 Å². The van der Waals surface area contributed by atoms with Gasteiger partial charge < -0.3 is 24.3 Å². The van der Waals surface area contributed by atoms with Crippen molar-refractivity contribution in [3.05, 3.63) is 75.8 Å². The Labute approximate surface area is 195 Å². The molecule has 1 amide bonds. The Morgan fingerprint density at radius 2 is 1.78 bits per heavy atom. The van der Waals surface area contributed by atoms with Crippen molar-refractivity contribution >= 4 is 27.5 Å². The summed E-state index contributed by atoms with van der Waals surface area (Å²) in [6.07, 6.45) is 1.37. The maximum atomic E-state index is 12.6. The molecule has 3 aromatic rings. The van der Waals surface area contributed by atoms with E-state index in [0.29, 0.717) is 34.2 Å². The van der Waals surface area contributed by atoms with Crippen molar-refractivity contribution in [3.63, 3.8) is 0 Å². The Morgan fingerprint density at radius 1 is 1.00 bits per heavy atom. The molecule has 3 aromatic carbocycles. The predicted molar refractivity (Wildman–Crippen MR) is 126 cm³/mol. The smallest absolute Gasteiger partial charge is 0.255 e. The van der Waals surface area contributed by atoms with Crippen LogP contribution in [0.3, 0.4) is 0 Å². The molecule has 6 nitrogen and oxygen atoms in total. The van der Waals surface area contributed by atoms with Gasteiger partial charge in [0.1, 0.15) is 11.9 Å². The van der Waals surface area contributed by atoms with Crippen LogP contribution in [0.15, 0.2) is 59.1 Å². The second-order valence-corrected chi connectivity index (χ2v) is 8.27. The van der Waals surface area contributed by atoms with Crippen LogP contribution < -0.4 is 24.3 Å². The lowest BCUT2D eigenvalue weighted by molar-refractivity contribution is 0.102. The Kier molecular flexibility index (Phi) is 6.55. The summed E-state index contributed by atoms with van der Waals surface area (Å²) in [5.41, 5.74) is 3.24. The standard InChI is InChI=1S/C25H24BrNO5/c1-29-22-14-21-19(23(30-2)24(22)31-3)10-11-20(32-21)15-6-5-9-18(13-15)27-25(28)16-7-4-8-17(26)12-16/h4-9,12-14,20H,10-11H2,1-3H3,(H,27,28). The average molecular weight is 498 g/mol. The van der Waals surface area contributed by atoms with Gasteiger partial charge in [0.25, 0.3) is 5.91 Å². The number of anilines is 1. The molecule has 0 saturated heterocycles. The Balaban J connectivity index is 1.57. The van der Waals surface area contributed by atoms with Crippen LogP contribution in [0.5, 0.6) is 23.0 Å². The third kappa shape index (κ3) is 4.39. The molecule has 0 spiro atoms. The number of ether oxygens (including phenoxy) is 4. The number of hydrogen-bond acceptors (Lipinski definition) is 5. The molecule has 0 saturated carbocycles. The summed E-state index contributed by atoms with van der Waals surface area (Å²) >= 11 is 3.40. The third-order valence-electron chi connectivity index (χ3n) is 5.42. The quantitative estimate of drug-likeness (QED) is 0.466. The minimum absolute atomic E-state index is 0.159. The zero-order valence-corrected chi connectivity index (χ0v) is 19.7. The van der Waals surface area contributed by atoms with E-state index in [1.807, 2.05) is 42.5 Å². The Morgan fingerprint density at radius 3 is 2.50 bits per heavy atom. The summed E-state index contributed by atoms with van der Waals surface area (Å²) in [4.78, 5) is 12.6. The van der Waals surface area contributed by atoms with Crippen LogP contribution in [0.1, 0.15) is 34.0 Å². The monoisotopic (exact) mass is 497 g/mol. The maximum Gasteiger partial charge on any atom is 0.255 e. The molecule has 0 aromatic heterocycles. The van der Waals surface area contributed by atoms with E-state index in [4.69, 9.17) is 18.9 Å². The number of rotatable bonds is 6. The molecule has 0 fully saturated rings. The fourth-order valence-corrected chi connectivity index (χ4v) is 4.31. The lowest BCUT2D eigenvalue weighted by Gasteiger charge is -2.29. The largest absolute Gasteiger partial charge is 0.493 e. The molecule has 0 radical (unpaired) electrons. The molecule has 4 rings (SSSR count). The van der Waals surface area contributed by atoms with Gasteiger partial charge in [-0.1, -0.05) is 34.1 Å². The normalized spacial score (nSPS) is 14.7. The summed E-state index contributed by atoms with van der Waals surface area (Å²) in [7, 11) is 4.79. The molecule has 1 heterocycles. The number of carbonyl (C=O) groups excluding carboxylic acids is 1. The van der Waals surface area contributed by atoms with Crippen molar-refractivity contribution < 1.29 is 23.7 Å². The first kappa shape index (κ1) is 22.0. The zero-order valence-electron chi connectivity index (χ0n) is 18.1. The molecule has 7 heteroatoms. The summed E-state index contributed by atoms with van der Waals surface area (Å²) < 4.78 is 23.7. The van der Waals surface area contributed by atoms with Crippen molar-refractivity contribution in [3.8, 4) is 23.0 Å². The highest BCUT2D eigenvalue weighted by Gasteiger charge is 2.28. The number of nitrogens with one attached hydrogen (secondary N) is 1. The van der Waals surface area contributed by atoms with Crippen molar-refractivity contribution in [1.29, 1.82) is 0 Å². The van der Waals surface area contributed by atoms with Gasteiger partial charge in [-0.15, -0.1) is 0 Å². The highest BCUT2D eigenvalue weighted by Crippen LogP contribution is 2.49. The van der Waals surface area contributed by atoms with E-state index in [1.54, 1.807) is 33.5 Å². The fraction of sp³-hybridized carbons (Fsp3) is 0.240. The summed E-state index contributed by atoms with van der Waals surface area (Å²) in [6.45, 7) is 0. The van der Waals surface area contributed by atoms with E-state index >= 15 is 0 Å². The minimum atomic E-state index is -0.167. The number of fused-ring (bicyclic) bond motifs is 1. The molecule has 1 atom stereocenters. The van der Waals surface area contributed by atoms with Crippen LogP contribution in [0.4, 0.5) is 5.69 Å². The molecule has 32 heavy (non-hydrogen) atoms. The third-order valence-corrected chi connectivity index (χ3v) is 5.91. The molecular formula is C25H24BrNO5. The van der Waals surface area contributed by atoms with Crippen LogP contribution >= 0.6 is 15.9 Å². The van der Waals surface area contributed by atoms with Gasteiger partial charge >= 0.3 is 0 Å². The highest BCUT2D eigenvalue weighted by atomic mass is 79.9. The molecule has 1 aliphatic rings. The van der Waals surface area contributed by atoms with Gasteiger partial charge in [0.15, 0.2) is 11.5 Å². The van der Waals surface area contributed by atoms with Crippen LogP contribution in [0, 0.1) is 0 Å². The SMILES string of the molecule is COc1cc2c(c(OC)c1OC)CCC(c1cccc(NC(=O)c3cccc(Br)c3)c1)O2. The van der Waals surface area contributed by atoms with Crippen LogP contribution in [-0.4, -0.2) is 27.2 Å². The van der Waals surface area contributed by atoms with Gasteiger partial charge in [0.2, 0.25) is 5.75 Å². The van der Waals surface area contributed by atoms with E-state index in [9.17, 15) is 4.79 Å². The van der Waals surface area contributed by atoms with Crippen LogP contribution in [0.2, 0.25) is 0 Å². The fourth-order valence-electron chi connectivity index (χ4n) is 3.91. The summed E-state index contributed by atoms with van der Waals surface area (Å²) in [5.74, 6) is 2.29. The van der Waals surface area contributed by atoms with Gasteiger partial charge in [0, 0.05) is 27.4 Å². The maximum absolute atomic E-state index is 12.6. The topological polar surface area (TPSA) is 66.0 Å². The number of benzene rings is 3. The molecule has 166 valence electrons. The summed E-state index contributed by atoms with van der Waals surface area (Å²) in [6, 6.07) is 16.9. The van der Waals surface area contributed by atoms with Crippen molar-refractivity contribution in [1.82, 2.24) is 0 Å². The predicted octanol–water partition coefficient (Wildman–Crippen LogP) is 5.79. The molecule has 1 N–H and O–H groups in total. The second kappa shape index (κ2) is 9.53. The molecule has 1 unspecified atom stereocenters. The summed E-state index contributed by atoms with van der Waals surface area (Å²) in [5, 5.41) is 2.96. The number of carbonyl (C=O) groups is 1. The average Bonchev–Trinajstić information content (AvgIpc) is 2.82. The zero-order chi connectivity index (χ0) is 22.7. The lowest BCUT2D eigenvalue weighted by atomic mass is 9.96. The molecule has 1 aliphatic heterocycles. The van der Waals surface area contributed by atoms with Crippen LogP contribution in [0.25, 0.3) is 0 Å². The van der Waals surface area contributed by atoms with E-state index in [2.05, 4.69) is 21.2 Å². The number of hydrogen-bond donors (Lipinski definition) is 1. The van der Waals surface area contributed by atoms with Gasteiger partial charge in [-0.25, -0.2) is 0 Å². The van der Waals surface area contributed by atoms with E-state index in [-0.39, 0.29) is 12.0 Å². The second-order valence-electron chi connectivity index (χ2n) is 7.36. The molecule has 0 bridgehead atoms.